The summed E-state index contributed by atoms with van der Waals surface area (Å²) in [6.45, 7) is 0. The molecule has 0 radical (unpaired) electrons. The standard InChI is InChI=1S/C7H8N2O2.HI/c1-9-4-2-3-6(5-9)7(10)8-11;/h2-5H,1H3,(H-,8,10,11);1H. The van der Waals surface area contributed by atoms with Crippen molar-refractivity contribution in [3.8, 4) is 0 Å². The van der Waals surface area contributed by atoms with Gasteiger partial charge in [-0.25, -0.2) is 4.57 Å². The molecule has 0 saturated heterocycles. The summed E-state index contributed by atoms with van der Waals surface area (Å²) in [7, 11) is 1.78. The fourth-order valence-electron chi connectivity index (χ4n) is 0.781. The SMILES string of the molecule is C[n+]1cccc(C(=O)N[O-])c1.I. The van der Waals surface area contributed by atoms with Crippen LogP contribution in [0.1, 0.15) is 10.4 Å². The minimum Gasteiger partial charge on any atom is -0.759 e. The van der Waals surface area contributed by atoms with Crippen LogP contribution in [0.25, 0.3) is 0 Å². The Morgan fingerprint density at radius 3 is 2.83 bits per heavy atom. The first-order valence-corrected chi connectivity index (χ1v) is 3.12. The molecule has 0 aliphatic rings. The Bertz CT molecular complexity index is 278. The number of hydrogen-bond acceptors (Lipinski definition) is 2. The maximum Gasteiger partial charge on any atom is 0.246 e. The largest absolute Gasteiger partial charge is 0.759 e. The zero-order chi connectivity index (χ0) is 8.27. The van der Waals surface area contributed by atoms with Crippen molar-refractivity contribution in [3.63, 3.8) is 0 Å². The topological polar surface area (TPSA) is 56.0 Å². The molecule has 1 aromatic rings. The molecular formula is C7H9IN2O2. The normalized spacial score (nSPS) is 8.50. The summed E-state index contributed by atoms with van der Waals surface area (Å²) in [6, 6.07) is 3.28. The van der Waals surface area contributed by atoms with Crippen LogP contribution in [0, 0.1) is 5.21 Å². The van der Waals surface area contributed by atoms with Crippen molar-refractivity contribution in [2.24, 2.45) is 7.05 Å². The predicted molar refractivity (Wildman–Crippen MR) is 53.9 cm³/mol. The molecule has 12 heavy (non-hydrogen) atoms. The predicted octanol–water partition coefficient (Wildman–Crippen LogP) is 0.357. The third-order valence-electron chi connectivity index (χ3n) is 1.29. The molecule has 66 valence electrons. The van der Waals surface area contributed by atoms with Gasteiger partial charge < -0.3 is 10.7 Å². The van der Waals surface area contributed by atoms with Crippen molar-refractivity contribution in [1.82, 2.24) is 5.48 Å². The van der Waals surface area contributed by atoms with Crippen LogP contribution in [0.2, 0.25) is 0 Å². The summed E-state index contributed by atoms with van der Waals surface area (Å²) in [5.74, 6) is -0.610. The van der Waals surface area contributed by atoms with E-state index in [0.717, 1.165) is 0 Å². The molecule has 5 heteroatoms. The number of nitrogens with zero attached hydrogens (tertiary/aromatic N) is 1. The van der Waals surface area contributed by atoms with Gasteiger partial charge in [-0.2, -0.15) is 0 Å². The minimum atomic E-state index is -0.610. The van der Waals surface area contributed by atoms with Crippen molar-refractivity contribution >= 4 is 29.9 Å². The van der Waals surface area contributed by atoms with E-state index in [9.17, 15) is 10.0 Å². The third kappa shape index (κ3) is 2.74. The second kappa shape index (κ2) is 5.04. The first kappa shape index (κ1) is 11.3. The van der Waals surface area contributed by atoms with Gasteiger partial charge in [0.2, 0.25) is 5.91 Å². The Morgan fingerprint density at radius 2 is 2.33 bits per heavy atom. The van der Waals surface area contributed by atoms with Gasteiger partial charge in [-0.15, -0.1) is 24.0 Å². The Morgan fingerprint density at radius 1 is 1.67 bits per heavy atom. The van der Waals surface area contributed by atoms with E-state index < -0.39 is 5.91 Å². The quantitative estimate of drug-likeness (QED) is 0.458. The fraction of sp³-hybridized carbons (Fsp3) is 0.143. The van der Waals surface area contributed by atoms with E-state index in [2.05, 4.69) is 0 Å². The molecule has 0 unspecified atom stereocenters. The zero-order valence-electron chi connectivity index (χ0n) is 6.48. The van der Waals surface area contributed by atoms with Crippen molar-refractivity contribution in [2.45, 2.75) is 0 Å². The number of amides is 1. The van der Waals surface area contributed by atoms with Gasteiger partial charge >= 0.3 is 0 Å². The highest BCUT2D eigenvalue weighted by molar-refractivity contribution is 14.0. The first-order valence-electron chi connectivity index (χ1n) is 3.12. The van der Waals surface area contributed by atoms with Crippen LogP contribution in [0.4, 0.5) is 0 Å². The second-order valence-electron chi connectivity index (χ2n) is 2.19. The van der Waals surface area contributed by atoms with Crippen LogP contribution in [0.15, 0.2) is 24.5 Å². The lowest BCUT2D eigenvalue weighted by Gasteiger charge is -2.04. The maximum atomic E-state index is 10.7. The number of hydroxylamine groups is 1. The first-order chi connectivity index (χ1) is 5.24. The maximum absolute atomic E-state index is 10.7. The molecular weight excluding hydrogens is 271 g/mol. The fourth-order valence-corrected chi connectivity index (χ4v) is 0.781. The molecule has 0 atom stereocenters. The molecule has 1 heterocycles. The molecule has 1 rings (SSSR count). The highest BCUT2D eigenvalue weighted by atomic mass is 127. The van der Waals surface area contributed by atoms with Crippen LogP contribution >= 0.6 is 24.0 Å². The van der Waals surface area contributed by atoms with Gasteiger partial charge in [0, 0.05) is 6.07 Å². The lowest BCUT2D eigenvalue weighted by Crippen LogP contribution is -2.29. The molecule has 1 N–H and O–H groups in total. The highest BCUT2D eigenvalue weighted by Crippen LogP contribution is 1.92. The van der Waals surface area contributed by atoms with Crippen LogP contribution < -0.4 is 10.0 Å². The van der Waals surface area contributed by atoms with Crippen LogP contribution in [0.5, 0.6) is 0 Å². The smallest absolute Gasteiger partial charge is 0.246 e. The molecule has 0 saturated carbocycles. The van der Waals surface area contributed by atoms with Crippen LogP contribution in [-0.4, -0.2) is 5.91 Å². The number of carbonyl (C=O) groups excluding carboxylic acids is 1. The van der Waals surface area contributed by atoms with Gasteiger partial charge in [0.1, 0.15) is 12.6 Å². The summed E-state index contributed by atoms with van der Waals surface area (Å²) < 4.78 is 1.70. The van der Waals surface area contributed by atoms with Crippen molar-refractivity contribution in [3.05, 3.63) is 35.3 Å². The summed E-state index contributed by atoms with van der Waals surface area (Å²) in [5, 5.41) is 9.93. The monoisotopic (exact) mass is 280 g/mol. The number of aromatic nitrogens is 1. The summed E-state index contributed by atoms with van der Waals surface area (Å²) in [5.41, 5.74) is 1.67. The van der Waals surface area contributed by atoms with Gasteiger partial charge in [0.05, 0.1) is 0 Å². The van der Waals surface area contributed by atoms with Crippen LogP contribution in [-0.2, 0) is 7.05 Å². The van der Waals surface area contributed by atoms with Gasteiger partial charge in [0.15, 0.2) is 12.4 Å². The molecule has 4 nitrogen and oxygen atoms in total. The zero-order valence-corrected chi connectivity index (χ0v) is 8.81. The lowest BCUT2D eigenvalue weighted by atomic mass is 10.3. The molecule has 0 bridgehead atoms. The third-order valence-corrected chi connectivity index (χ3v) is 1.29. The number of aryl methyl sites for hydroxylation is 1. The number of halogens is 1. The Labute approximate surface area is 87.2 Å². The molecule has 0 aromatic carbocycles. The summed E-state index contributed by atoms with van der Waals surface area (Å²) in [6.07, 6.45) is 3.36. The van der Waals surface area contributed by atoms with E-state index in [4.69, 9.17) is 0 Å². The Balaban J connectivity index is 0.00000121. The summed E-state index contributed by atoms with van der Waals surface area (Å²) in [4.78, 5) is 10.7. The second-order valence-corrected chi connectivity index (χ2v) is 2.19. The molecule has 0 aliphatic heterocycles. The molecule has 1 aromatic heterocycles. The van der Waals surface area contributed by atoms with Crippen molar-refractivity contribution < 1.29 is 9.36 Å². The number of hydrogen-bond donors (Lipinski definition) is 1. The lowest BCUT2D eigenvalue weighted by molar-refractivity contribution is -0.671. The van der Waals surface area contributed by atoms with Crippen molar-refractivity contribution in [1.29, 1.82) is 0 Å². The van der Waals surface area contributed by atoms with E-state index in [1.807, 2.05) is 0 Å². The number of rotatable bonds is 1. The molecule has 0 aliphatic carbocycles. The van der Waals surface area contributed by atoms with Gasteiger partial charge in [0.25, 0.3) is 0 Å². The van der Waals surface area contributed by atoms with Gasteiger partial charge in [-0.3, -0.25) is 4.79 Å². The van der Waals surface area contributed by atoms with E-state index in [-0.39, 0.29) is 24.0 Å². The highest BCUT2D eigenvalue weighted by Gasteiger charge is 2.03. The van der Waals surface area contributed by atoms with Crippen LogP contribution in [0.3, 0.4) is 0 Å². The number of carbonyl (C=O) groups is 1. The Kier molecular flexibility index (Phi) is 4.75. The molecule has 0 fully saturated rings. The average molecular weight is 280 g/mol. The van der Waals surface area contributed by atoms with E-state index in [1.54, 1.807) is 36.1 Å². The van der Waals surface area contributed by atoms with Gasteiger partial charge in [-0.1, -0.05) is 0 Å². The van der Waals surface area contributed by atoms with Gasteiger partial charge in [-0.05, 0) is 6.07 Å². The summed E-state index contributed by atoms with van der Waals surface area (Å²) >= 11 is 0. The molecule has 1 amide bonds. The van der Waals surface area contributed by atoms with Crippen molar-refractivity contribution in [2.75, 3.05) is 0 Å². The number of pyridine rings is 1. The van der Waals surface area contributed by atoms with E-state index in [1.165, 1.54) is 5.48 Å². The number of nitrogens with one attached hydrogen (secondary N) is 1. The minimum absolute atomic E-state index is 0. The average Bonchev–Trinajstić information content (AvgIpc) is 2.03. The molecule has 0 spiro atoms. The Hall–Kier alpha value is -0.690. The van der Waals surface area contributed by atoms with E-state index in [0.29, 0.717) is 5.56 Å². The van der Waals surface area contributed by atoms with E-state index >= 15 is 0 Å².